The minimum atomic E-state index is -0.489. The molecule has 0 saturated heterocycles. The molecule has 0 radical (unpaired) electrons. The second-order valence-corrected chi connectivity index (χ2v) is 6.95. The molecule has 0 N–H and O–H groups in total. The van der Waals surface area contributed by atoms with E-state index in [0.717, 1.165) is 4.47 Å². The Kier molecular flexibility index (Phi) is 6.49. The van der Waals surface area contributed by atoms with Crippen molar-refractivity contribution in [3.63, 3.8) is 0 Å². The Bertz CT molecular complexity index is 990. The summed E-state index contributed by atoms with van der Waals surface area (Å²) < 4.78 is 22.2. The van der Waals surface area contributed by atoms with Crippen LogP contribution in [0.1, 0.15) is 26.5 Å². The number of ether oxygens (including phenoxy) is 3. The lowest BCUT2D eigenvalue weighted by molar-refractivity contribution is 0.0388. The summed E-state index contributed by atoms with van der Waals surface area (Å²) in [5, 5.41) is 0.577. The van der Waals surface area contributed by atoms with Crippen LogP contribution < -0.4 is 4.74 Å². The Hall–Kier alpha value is -2.64. The first-order chi connectivity index (χ1) is 13.5. The smallest absolute Gasteiger partial charge is 0.342 e. The standard InChI is InChI=1S/C21H19BrO6/c1-13-20(21(24)26-10-9-25-2)17-11-16(7-8-19(17)28-13)27-12-18(23)14-3-5-15(22)6-4-14/h3-8,11H,9-10,12H2,1-2H3. The Morgan fingerprint density at radius 1 is 1.07 bits per heavy atom. The predicted molar refractivity (Wildman–Crippen MR) is 107 cm³/mol. The highest BCUT2D eigenvalue weighted by Crippen LogP contribution is 2.29. The van der Waals surface area contributed by atoms with Crippen molar-refractivity contribution in [2.75, 3.05) is 26.9 Å². The Morgan fingerprint density at radius 2 is 1.82 bits per heavy atom. The van der Waals surface area contributed by atoms with Crippen LogP contribution in [0.4, 0.5) is 0 Å². The van der Waals surface area contributed by atoms with Crippen LogP contribution in [0, 0.1) is 6.92 Å². The highest BCUT2D eigenvalue weighted by atomic mass is 79.9. The molecule has 0 fully saturated rings. The fourth-order valence-corrected chi connectivity index (χ4v) is 2.96. The van der Waals surface area contributed by atoms with Crippen molar-refractivity contribution in [1.29, 1.82) is 0 Å². The lowest BCUT2D eigenvalue weighted by Gasteiger charge is -2.07. The molecule has 0 aliphatic carbocycles. The number of benzene rings is 2. The molecule has 0 unspecified atom stereocenters. The fraction of sp³-hybridized carbons (Fsp3) is 0.238. The van der Waals surface area contributed by atoms with E-state index in [2.05, 4.69) is 15.9 Å². The molecule has 2 aromatic carbocycles. The van der Waals surface area contributed by atoms with E-state index in [1.807, 2.05) is 0 Å². The van der Waals surface area contributed by atoms with Crippen molar-refractivity contribution in [3.8, 4) is 5.75 Å². The van der Waals surface area contributed by atoms with Crippen LogP contribution in [0.5, 0.6) is 5.75 Å². The van der Waals surface area contributed by atoms with E-state index >= 15 is 0 Å². The van der Waals surface area contributed by atoms with Gasteiger partial charge in [0, 0.05) is 22.5 Å². The number of carbonyl (C=O) groups excluding carboxylic acids is 2. The molecular formula is C21H19BrO6. The maximum Gasteiger partial charge on any atom is 0.342 e. The predicted octanol–water partition coefficient (Wildman–Crippen LogP) is 4.57. The number of methoxy groups -OCH3 is 1. The summed E-state index contributed by atoms with van der Waals surface area (Å²) in [7, 11) is 1.53. The highest BCUT2D eigenvalue weighted by molar-refractivity contribution is 9.10. The largest absolute Gasteiger partial charge is 0.485 e. The number of esters is 1. The molecular weight excluding hydrogens is 428 g/mol. The van der Waals surface area contributed by atoms with E-state index in [0.29, 0.717) is 40.2 Å². The van der Waals surface area contributed by atoms with Crippen LogP contribution in [0.2, 0.25) is 0 Å². The van der Waals surface area contributed by atoms with Crippen LogP contribution >= 0.6 is 15.9 Å². The van der Waals surface area contributed by atoms with Crippen molar-refractivity contribution < 1.29 is 28.2 Å². The summed E-state index contributed by atoms with van der Waals surface area (Å²) >= 11 is 3.34. The summed E-state index contributed by atoms with van der Waals surface area (Å²) in [6.45, 7) is 2.05. The van der Waals surface area contributed by atoms with Gasteiger partial charge in [-0.25, -0.2) is 4.79 Å². The van der Waals surface area contributed by atoms with Gasteiger partial charge in [0.05, 0.1) is 6.61 Å². The Balaban J connectivity index is 1.75. The van der Waals surface area contributed by atoms with Crippen LogP contribution in [0.25, 0.3) is 11.0 Å². The number of hydrogen-bond donors (Lipinski definition) is 0. The first-order valence-corrected chi connectivity index (χ1v) is 9.39. The van der Waals surface area contributed by atoms with Crippen LogP contribution in [-0.2, 0) is 9.47 Å². The molecule has 0 amide bonds. The molecule has 146 valence electrons. The lowest BCUT2D eigenvalue weighted by Crippen LogP contribution is -2.12. The number of hydrogen-bond acceptors (Lipinski definition) is 6. The number of Topliss-reactive ketones (excluding diaryl/α,β-unsaturated/α-hetero) is 1. The van der Waals surface area contributed by atoms with E-state index < -0.39 is 5.97 Å². The van der Waals surface area contributed by atoms with E-state index in [9.17, 15) is 9.59 Å². The zero-order chi connectivity index (χ0) is 20.1. The zero-order valence-corrected chi connectivity index (χ0v) is 17.1. The first-order valence-electron chi connectivity index (χ1n) is 8.60. The molecule has 7 heteroatoms. The van der Waals surface area contributed by atoms with Gasteiger partial charge in [0.1, 0.15) is 29.3 Å². The number of furan rings is 1. The van der Waals surface area contributed by atoms with Gasteiger partial charge in [-0.2, -0.15) is 0 Å². The molecule has 1 heterocycles. The Labute approximate surface area is 170 Å². The minimum Gasteiger partial charge on any atom is -0.485 e. The van der Waals surface area contributed by atoms with Gasteiger partial charge < -0.3 is 18.6 Å². The van der Waals surface area contributed by atoms with Gasteiger partial charge in [0.2, 0.25) is 0 Å². The van der Waals surface area contributed by atoms with Gasteiger partial charge >= 0.3 is 5.97 Å². The monoisotopic (exact) mass is 446 g/mol. The van der Waals surface area contributed by atoms with E-state index in [1.54, 1.807) is 49.4 Å². The summed E-state index contributed by atoms with van der Waals surface area (Å²) in [6.07, 6.45) is 0. The summed E-state index contributed by atoms with van der Waals surface area (Å²) in [4.78, 5) is 24.6. The van der Waals surface area contributed by atoms with Gasteiger partial charge in [-0.3, -0.25) is 4.79 Å². The van der Waals surface area contributed by atoms with Gasteiger partial charge in [0.15, 0.2) is 12.4 Å². The maximum atomic E-state index is 12.4. The van der Waals surface area contributed by atoms with Crippen LogP contribution in [0.15, 0.2) is 51.4 Å². The number of aryl methyl sites for hydroxylation is 1. The van der Waals surface area contributed by atoms with Gasteiger partial charge in [-0.05, 0) is 37.3 Å². The fourth-order valence-electron chi connectivity index (χ4n) is 2.70. The van der Waals surface area contributed by atoms with Crippen molar-refractivity contribution in [3.05, 3.63) is 63.8 Å². The second kappa shape index (κ2) is 9.03. The lowest BCUT2D eigenvalue weighted by atomic mass is 10.1. The second-order valence-electron chi connectivity index (χ2n) is 6.04. The molecule has 3 aromatic rings. The third-order valence-corrected chi connectivity index (χ3v) is 4.63. The van der Waals surface area contributed by atoms with Crippen LogP contribution in [0.3, 0.4) is 0 Å². The van der Waals surface area contributed by atoms with E-state index in [4.69, 9.17) is 18.6 Å². The SMILES string of the molecule is COCCOC(=O)c1c(C)oc2ccc(OCC(=O)c3ccc(Br)cc3)cc12. The van der Waals surface area contributed by atoms with Gasteiger partial charge in [0.25, 0.3) is 0 Å². The highest BCUT2D eigenvalue weighted by Gasteiger charge is 2.20. The van der Waals surface area contributed by atoms with Crippen molar-refractivity contribution in [1.82, 2.24) is 0 Å². The number of rotatable bonds is 8. The number of carbonyl (C=O) groups is 2. The van der Waals surface area contributed by atoms with Crippen molar-refractivity contribution in [2.24, 2.45) is 0 Å². The summed E-state index contributed by atoms with van der Waals surface area (Å²) in [6, 6.07) is 12.1. The molecule has 28 heavy (non-hydrogen) atoms. The van der Waals surface area contributed by atoms with Gasteiger partial charge in [-0.15, -0.1) is 0 Å². The molecule has 6 nitrogen and oxygen atoms in total. The quantitative estimate of drug-likeness (QED) is 0.286. The molecule has 1 aromatic heterocycles. The molecule has 0 atom stereocenters. The Morgan fingerprint density at radius 3 is 2.54 bits per heavy atom. The molecule has 0 spiro atoms. The third-order valence-electron chi connectivity index (χ3n) is 4.10. The van der Waals surface area contributed by atoms with Crippen molar-refractivity contribution in [2.45, 2.75) is 6.92 Å². The number of fused-ring (bicyclic) bond motifs is 1. The number of halogens is 1. The third kappa shape index (κ3) is 4.61. The number of ketones is 1. The molecule has 0 aliphatic rings. The van der Waals surface area contributed by atoms with Gasteiger partial charge in [-0.1, -0.05) is 28.1 Å². The average molecular weight is 447 g/mol. The molecule has 3 rings (SSSR count). The average Bonchev–Trinajstić information content (AvgIpc) is 3.01. The van der Waals surface area contributed by atoms with Crippen LogP contribution in [-0.4, -0.2) is 38.7 Å². The van der Waals surface area contributed by atoms with Crippen molar-refractivity contribution >= 4 is 38.7 Å². The zero-order valence-electron chi connectivity index (χ0n) is 15.5. The maximum absolute atomic E-state index is 12.4. The van der Waals surface area contributed by atoms with E-state index in [-0.39, 0.29) is 19.0 Å². The topological polar surface area (TPSA) is 75.0 Å². The molecule has 0 bridgehead atoms. The molecule has 0 saturated carbocycles. The van der Waals surface area contributed by atoms with E-state index in [1.165, 1.54) is 7.11 Å². The normalized spacial score (nSPS) is 10.8. The summed E-state index contributed by atoms with van der Waals surface area (Å²) in [5.41, 5.74) is 1.45. The molecule has 0 aliphatic heterocycles. The first kappa shape index (κ1) is 20.1. The minimum absolute atomic E-state index is 0.114. The summed E-state index contributed by atoms with van der Waals surface area (Å²) in [5.74, 6) is 0.289.